The van der Waals surface area contributed by atoms with Crippen molar-refractivity contribution in [3.63, 3.8) is 0 Å². The molecule has 1 aromatic carbocycles. The minimum Gasteiger partial charge on any atom is -0.379 e. The van der Waals surface area contributed by atoms with E-state index in [1.807, 2.05) is 5.32 Å². The zero-order valence-electron chi connectivity index (χ0n) is 11.4. The largest absolute Gasteiger partial charge is 0.417 e. The molecule has 0 atom stereocenters. The Morgan fingerprint density at radius 2 is 1.77 bits per heavy atom. The Labute approximate surface area is 124 Å². The van der Waals surface area contributed by atoms with Crippen LogP contribution in [0.25, 0.3) is 0 Å². The summed E-state index contributed by atoms with van der Waals surface area (Å²) in [4.78, 5) is 23.5. The number of amides is 3. The van der Waals surface area contributed by atoms with Crippen LogP contribution in [0.2, 0.25) is 0 Å². The quantitative estimate of drug-likeness (QED) is 0.865. The number of hydrogen-bond acceptors (Lipinski definition) is 4. The van der Waals surface area contributed by atoms with E-state index in [1.54, 1.807) is 0 Å². The lowest BCUT2D eigenvalue weighted by Crippen LogP contribution is -2.52. The van der Waals surface area contributed by atoms with Crippen molar-refractivity contribution in [2.75, 3.05) is 26.3 Å². The minimum absolute atomic E-state index is 0.422. The van der Waals surface area contributed by atoms with E-state index in [0.29, 0.717) is 26.3 Å². The maximum absolute atomic E-state index is 12.8. The predicted molar refractivity (Wildman–Crippen MR) is 69.8 cm³/mol. The number of nitrogens with zero attached hydrogens (tertiary/aromatic N) is 1. The number of imide groups is 1. The highest BCUT2D eigenvalue weighted by molar-refractivity contribution is 6.05. The van der Waals surface area contributed by atoms with Crippen molar-refractivity contribution in [3.8, 4) is 0 Å². The number of hydrazine groups is 1. The number of benzene rings is 1. The molecular weight excluding hydrogens is 303 g/mol. The molecule has 2 N–H and O–H groups in total. The fourth-order valence-corrected chi connectivity index (χ4v) is 1.95. The van der Waals surface area contributed by atoms with E-state index in [2.05, 4.69) is 5.43 Å². The Bertz CT molecular complexity index is 557. The van der Waals surface area contributed by atoms with E-state index < -0.39 is 29.2 Å². The van der Waals surface area contributed by atoms with Crippen LogP contribution in [0.3, 0.4) is 0 Å². The average Bonchev–Trinajstić information content (AvgIpc) is 2.47. The van der Waals surface area contributed by atoms with E-state index in [-0.39, 0.29) is 0 Å². The number of nitrogens with one attached hydrogen (secondary N) is 2. The van der Waals surface area contributed by atoms with Crippen LogP contribution in [0.4, 0.5) is 18.0 Å². The first-order chi connectivity index (χ1) is 10.4. The van der Waals surface area contributed by atoms with Gasteiger partial charge in [-0.25, -0.2) is 9.80 Å². The summed E-state index contributed by atoms with van der Waals surface area (Å²) < 4.78 is 43.5. The van der Waals surface area contributed by atoms with Gasteiger partial charge in [0.1, 0.15) is 0 Å². The summed E-state index contributed by atoms with van der Waals surface area (Å²) in [5, 5.41) is 3.40. The van der Waals surface area contributed by atoms with Gasteiger partial charge in [0.15, 0.2) is 0 Å². The van der Waals surface area contributed by atoms with Gasteiger partial charge in [-0.3, -0.25) is 15.5 Å². The van der Waals surface area contributed by atoms with Crippen LogP contribution in [0.5, 0.6) is 0 Å². The van der Waals surface area contributed by atoms with Crippen LogP contribution in [0.1, 0.15) is 15.9 Å². The molecule has 22 heavy (non-hydrogen) atoms. The van der Waals surface area contributed by atoms with Crippen LogP contribution in [-0.4, -0.2) is 43.3 Å². The number of halogens is 3. The average molecular weight is 317 g/mol. The fraction of sp³-hybridized carbons (Fsp3) is 0.385. The number of rotatable bonds is 2. The van der Waals surface area contributed by atoms with E-state index in [0.717, 1.165) is 12.1 Å². The molecule has 1 aromatic rings. The van der Waals surface area contributed by atoms with Crippen LogP contribution in [-0.2, 0) is 10.9 Å². The normalized spacial score (nSPS) is 16.1. The van der Waals surface area contributed by atoms with E-state index >= 15 is 0 Å². The van der Waals surface area contributed by atoms with E-state index in [1.165, 1.54) is 17.1 Å². The Hall–Kier alpha value is -2.13. The third kappa shape index (κ3) is 4.18. The van der Waals surface area contributed by atoms with Gasteiger partial charge < -0.3 is 4.74 Å². The summed E-state index contributed by atoms with van der Waals surface area (Å²) in [6, 6.07) is 3.38. The van der Waals surface area contributed by atoms with E-state index in [9.17, 15) is 22.8 Å². The summed E-state index contributed by atoms with van der Waals surface area (Å²) >= 11 is 0. The maximum Gasteiger partial charge on any atom is 0.417 e. The lowest BCUT2D eigenvalue weighted by Gasteiger charge is -2.26. The standard InChI is InChI=1S/C13H14F3N3O3/c14-13(15,16)10-4-2-1-3-9(10)11(20)17-12(21)18-19-5-7-22-8-6-19/h1-4H,5-8H2,(H2,17,18,20,21). The Morgan fingerprint density at radius 1 is 1.14 bits per heavy atom. The smallest absolute Gasteiger partial charge is 0.379 e. The fourth-order valence-electron chi connectivity index (χ4n) is 1.95. The second-order valence-electron chi connectivity index (χ2n) is 4.54. The molecule has 0 radical (unpaired) electrons. The number of carbonyl (C=O) groups is 2. The highest BCUT2D eigenvalue weighted by Crippen LogP contribution is 2.31. The summed E-state index contributed by atoms with van der Waals surface area (Å²) in [6.45, 7) is 1.71. The molecule has 120 valence electrons. The third-order valence-corrected chi connectivity index (χ3v) is 2.97. The molecule has 1 fully saturated rings. The monoisotopic (exact) mass is 317 g/mol. The molecule has 0 unspecified atom stereocenters. The first-order valence-electron chi connectivity index (χ1n) is 6.49. The molecule has 1 aliphatic rings. The third-order valence-electron chi connectivity index (χ3n) is 2.97. The lowest BCUT2D eigenvalue weighted by molar-refractivity contribution is -0.137. The first kappa shape index (κ1) is 16.2. The van der Waals surface area contributed by atoms with Crippen molar-refractivity contribution in [1.82, 2.24) is 15.8 Å². The molecule has 1 heterocycles. The Morgan fingerprint density at radius 3 is 2.41 bits per heavy atom. The second-order valence-corrected chi connectivity index (χ2v) is 4.54. The first-order valence-corrected chi connectivity index (χ1v) is 6.49. The van der Waals surface area contributed by atoms with Gasteiger partial charge in [0.2, 0.25) is 0 Å². The minimum atomic E-state index is -4.67. The summed E-state index contributed by atoms with van der Waals surface area (Å²) in [6.07, 6.45) is -4.67. The van der Waals surface area contributed by atoms with Crippen LogP contribution >= 0.6 is 0 Å². The van der Waals surface area contributed by atoms with Gasteiger partial charge in [-0.2, -0.15) is 13.2 Å². The van der Waals surface area contributed by atoms with Gasteiger partial charge in [-0.1, -0.05) is 12.1 Å². The second kappa shape index (κ2) is 6.75. The van der Waals surface area contributed by atoms with Crippen molar-refractivity contribution in [3.05, 3.63) is 35.4 Å². The van der Waals surface area contributed by atoms with Gasteiger partial charge in [0.05, 0.1) is 24.3 Å². The lowest BCUT2D eigenvalue weighted by atomic mass is 10.1. The Balaban J connectivity index is 2.01. The zero-order chi connectivity index (χ0) is 16.2. The number of morpholine rings is 1. The predicted octanol–water partition coefficient (Wildman–Crippen LogP) is 1.39. The molecule has 0 aromatic heterocycles. The molecule has 9 heteroatoms. The topological polar surface area (TPSA) is 70.7 Å². The van der Waals surface area contributed by atoms with Crippen LogP contribution in [0.15, 0.2) is 24.3 Å². The number of urea groups is 1. The van der Waals surface area contributed by atoms with Gasteiger partial charge in [0, 0.05) is 13.1 Å². The van der Waals surface area contributed by atoms with Gasteiger partial charge in [-0.05, 0) is 12.1 Å². The molecular formula is C13H14F3N3O3. The number of ether oxygens (including phenoxy) is 1. The van der Waals surface area contributed by atoms with Gasteiger partial charge in [-0.15, -0.1) is 0 Å². The molecule has 3 amide bonds. The molecule has 2 rings (SSSR count). The van der Waals surface area contributed by atoms with Crippen LogP contribution < -0.4 is 10.7 Å². The highest BCUT2D eigenvalue weighted by atomic mass is 19.4. The van der Waals surface area contributed by atoms with Crippen LogP contribution in [0, 0.1) is 0 Å². The molecule has 1 aliphatic heterocycles. The maximum atomic E-state index is 12.8. The van der Waals surface area contributed by atoms with Gasteiger partial charge in [0.25, 0.3) is 5.91 Å². The molecule has 6 nitrogen and oxygen atoms in total. The van der Waals surface area contributed by atoms with Crippen molar-refractivity contribution in [2.45, 2.75) is 6.18 Å². The summed E-state index contributed by atoms with van der Waals surface area (Å²) in [7, 11) is 0. The summed E-state index contributed by atoms with van der Waals surface area (Å²) in [5.74, 6) is -1.11. The highest BCUT2D eigenvalue weighted by Gasteiger charge is 2.35. The molecule has 0 bridgehead atoms. The summed E-state index contributed by atoms with van der Waals surface area (Å²) in [5.41, 5.74) is 0.683. The van der Waals surface area contributed by atoms with Gasteiger partial charge >= 0.3 is 12.2 Å². The van der Waals surface area contributed by atoms with Crippen molar-refractivity contribution in [2.24, 2.45) is 0 Å². The zero-order valence-corrected chi connectivity index (χ0v) is 11.4. The molecule has 0 spiro atoms. The SMILES string of the molecule is O=C(NC(=O)c1ccccc1C(F)(F)F)NN1CCOCC1. The van der Waals surface area contributed by atoms with Crippen molar-refractivity contribution >= 4 is 11.9 Å². The van der Waals surface area contributed by atoms with E-state index in [4.69, 9.17) is 4.74 Å². The van der Waals surface area contributed by atoms with Crippen molar-refractivity contribution in [1.29, 1.82) is 0 Å². The number of alkyl halides is 3. The Kier molecular flexibility index (Phi) is 4.99. The molecule has 0 aliphatic carbocycles. The number of carbonyl (C=O) groups excluding carboxylic acids is 2. The molecule has 0 saturated carbocycles. The van der Waals surface area contributed by atoms with Crippen molar-refractivity contribution < 1.29 is 27.5 Å². The number of hydrogen-bond donors (Lipinski definition) is 2. The molecule has 1 saturated heterocycles.